The molecule has 0 saturated heterocycles. The Bertz CT molecular complexity index is 823. The van der Waals surface area contributed by atoms with Crippen molar-refractivity contribution in [3.05, 3.63) is 0 Å². The number of rotatable bonds is 1. The van der Waals surface area contributed by atoms with Crippen LogP contribution in [0.3, 0.4) is 0 Å². The van der Waals surface area contributed by atoms with E-state index in [0.717, 1.165) is 0 Å². The molecule has 4 aliphatic carbocycles. The van der Waals surface area contributed by atoms with Gasteiger partial charge in [-0.25, -0.2) is 0 Å². The van der Waals surface area contributed by atoms with Crippen LogP contribution in [0.2, 0.25) is 0 Å². The second-order valence-corrected chi connectivity index (χ2v) is 8.64. The molecule has 128 valence electrons. The molecule has 0 aromatic carbocycles. The summed E-state index contributed by atoms with van der Waals surface area (Å²) in [7, 11) is 0. The van der Waals surface area contributed by atoms with Gasteiger partial charge in [0.15, 0.2) is 0 Å². The molecule has 0 heterocycles. The fourth-order valence-electron chi connectivity index (χ4n) is 6.61. The van der Waals surface area contributed by atoms with Gasteiger partial charge in [-0.15, -0.1) is 0 Å². The third kappa shape index (κ3) is 2.12. The molecule has 4 saturated carbocycles. The summed E-state index contributed by atoms with van der Waals surface area (Å²) in [6.07, 6.45) is -1.41. The second-order valence-electron chi connectivity index (χ2n) is 8.64. The van der Waals surface area contributed by atoms with E-state index in [0.29, 0.717) is 32.1 Å². The SMILES string of the molecule is [2H]C([2H])([2H])C(=O)[C@@]1([2H])CC[C@H]2[C@@H]3CC[C@@H]4C([2H])([2H])C(=O)C([2H])([2H])C[C@]4(C)[C@H]3CC[C@@]21C. The summed E-state index contributed by atoms with van der Waals surface area (Å²) in [5.41, 5.74) is -1.45. The van der Waals surface area contributed by atoms with Crippen molar-refractivity contribution >= 4 is 11.6 Å². The van der Waals surface area contributed by atoms with Crippen molar-refractivity contribution in [2.45, 2.75) is 78.4 Å². The van der Waals surface area contributed by atoms with Crippen LogP contribution in [0.25, 0.3) is 0 Å². The minimum Gasteiger partial charge on any atom is -0.300 e. The van der Waals surface area contributed by atoms with E-state index >= 15 is 0 Å². The van der Waals surface area contributed by atoms with Gasteiger partial charge in [0.05, 0.1) is 0 Å². The number of carbonyl (C=O) groups excluding carboxylic acids is 2. The maximum Gasteiger partial charge on any atom is 0.133 e. The van der Waals surface area contributed by atoms with Crippen molar-refractivity contribution in [1.29, 1.82) is 0 Å². The van der Waals surface area contributed by atoms with Gasteiger partial charge in [0.1, 0.15) is 11.6 Å². The van der Waals surface area contributed by atoms with E-state index in [1.54, 1.807) is 0 Å². The lowest BCUT2D eigenvalue weighted by atomic mass is 9.44. The smallest absolute Gasteiger partial charge is 0.133 e. The zero-order valence-electron chi connectivity index (χ0n) is 22.1. The van der Waals surface area contributed by atoms with Gasteiger partial charge in [-0.3, -0.25) is 9.59 Å². The standard InChI is InChI=1S/C21H32O2/c1-13(22)17-6-7-18-16-5-4-14-12-15(23)8-10-20(14,2)19(16)9-11-21(17,18)3/h14,16-19H,4-12H2,1-3H3/t14-,16+,17-,18+,19+,20+,21-/m1/s1/i1D3,8D2,12D2,17D. The fourth-order valence-corrected chi connectivity index (χ4v) is 6.61. The molecular weight excluding hydrogens is 284 g/mol. The number of Topliss-reactive ketones (excluding diaryl/α,β-unsaturated/α-hetero) is 2. The van der Waals surface area contributed by atoms with Crippen molar-refractivity contribution in [2.75, 3.05) is 0 Å². The highest BCUT2D eigenvalue weighted by atomic mass is 16.1. The summed E-state index contributed by atoms with van der Waals surface area (Å²) >= 11 is 0. The summed E-state index contributed by atoms with van der Waals surface area (Å²) in [5, 5.41) is 0. The molecule has 23 heavy (non-hydrogen) atoms. The molecule has 0 radical (unpaired) electrons. The van der Waals surface area contributed by atoms with E-state index < -0.39 is 53.8 Å². The van der Waals surface area contributed by atoms with Gasteiger partial charge in [-0.2, -0.15) is 0 Å². The van der Waals surface area contributed by atoms with Crippen LogP contribution in [0.1, 0.15) is 89.4 Å². The first kappa shape index (κ1) is 9.15. The number of hydrogen-bond donors (Lipinski definition) is 0. The van der Waals surface area contributed by atoms with Gasteiger partial charge < -0.3 is 0 Å². The van der Waals surface area contributed by atoms with Gasteiger partial charge in [-0.1, -0.05) is 13.8 Å². The Hall–Kier alpha value is -0.660. The number of carbonyl (C=O) groups is 2. The first-order valence-corrected chi connectivity index (χ1v) is 9.03. The van der Waals surface area contributed by atoms with Crippen LogP contribution in [0.15, 0.2) is 0 Å². The van der Waals surface area contributed by atoms with Crippen LogP contribution < -0.4 is 0 Å². The molecule has 0 unspecified atom stereocenters. The number of fused-ring (bicyclic) bond motifs is 5. The Labute approximate surface area is 152 Å². The highest BCUT2D eigenvalue weighted by molar-refractivity contribution is 5.80. The minimum atomic E-state index is -2.81. The summed E-state index contributed by atoms with van der Waals surface area (Å²) in [4.78, 5) is 25.4. The van der Waals surface area contributed by atoms with E-state index in [1.165, 1.54) is 0 Å². The predicted octanol–water partition coefficient (Wildman–Crippen LogP) is 4.80. The van der Waals surface area contributed by atoms with Crippen LogP contribution in [0.5, 0.6) is 0 Å². The van der Waals surface area contributed by atoms with Gasteiger partial charge >= 0.3 is 0 Å². The molecule has 4 fully saturated rings. The zero-order chi connectivity index (χ0) is 23.4. The predicted molar refractivity (Wildman–Crippen MR) is 90.9 cm³/mol. The lowest BCUT2D eigenvalue weighted by Gasteiger charge is -2.60. The molecule has 7 atom stereocenters. The Balaban J connectivity index is 1.71. The molecule has 0 amide bonds. The quantitative estimate of drug-likeness (QED) is 0.694. The lowest BCUT2D eigenvalue weighted by Crippen LogP contribution is -2.53. The van der Waals surface area contributed by atoms with Crippen LogP contribution >= 0.6 is 0 Å². The summed E-state index contributed by atoms with van der Waals surface area (Å²) in [5.74, 6) is -4.08. The van der Waals surface area contributed by atoms with E-state index in [9.17, 15) is 9.59 Å². The van der Waals surface area contributed by atoms with E-state index in [4.69, 9.17) is 11.0 Å². The molecule has 4 rings (SSSR count). The Morgan fingerprint density at radius 2 is 1.91 bits per heavy atom. The maximum atomic E-state index is 12.8. The zero-order valence-corrected chi connectivity index (χ0v) is 14.1. The maximum absolute atomic E-state index is 12.8. The normalized spacial score (nSPS) is 65.7. The first-order valence-electron chi connectivity index (χ1n) is 13.0. The summed E-state index contributed by atoms with van der Waals surface area (Å²) < 4.78 is 65.2. The van der Waals surface area contributed by atoms with E-state index in [1.807, 2.05) is 13.8 Å². The van der Waals surface area contributed by atoms with Crippen LogP contribution in [0, 0.1) is 40.4 Å². The largest absolute Gasteiger partial charge is 0.300 e. The summed E-state index contributed by atoms with van der Waals surface area (Å²) in [6, 6.07) is 0. The minimum absolute atomic E-state index is 0.00612. The lowest BCUT2D eigenvalue weighted by molar-refractivity contribution is -0.143. The molecule has 2 nitrogen and oxygen atoms in total. The summed E-state index contributed by atoms with van der Waals surface area (Å²) in [6.45, 7) is 1.00. The van der Waals surface area contributed by atoms with Gasteiger partial charge in [0.2, 0.25) is 0 Å². The average Bonchev–Trinajstić information content (AvgIpc) is 2.90. The molecule has 0 aromatic heterocycles. The van der Waals surface area contributed by atoms with Crippen molar-refractivity contribution < 1.29 is 20.6 Å². The third-order valence-electron chi connectivity index (χ3n) is 7.86. The Morgan fingerprint density at radius 3 is 2.70 bits per heavy atom. The molecule has 0 aromatic rings. The average molecular weight is 325 g/mol. The monoisotopic (exact) mass is 324 g/mol. The van der Waals surface area contributed by atoms with Crippen LogP contribution in [0.4, 0.5) is 0 Å². The van der Waals surface area contributed by atoms with Crippen LogP contribution in [-0.4, -0.2) is 11.6 Å². The van der Waals surface area contributed by atoms with Gasteiger partial charge in [-0.05, 0) is 86.3 Å². The van der Waals surface area contributed by atoms with Crippen molar-refractivity contribution in [2.24, 2.45) is 40.4 Å². The Morgan fingerprint density at radius 1 is 1.13 bits per heavy atom. The molecular formula is C21H32O2. The second kappa shape index (κ2) is 5.17. The van der Waals surface area contributed by atoms with Crippen molar-refractivity contribution in [1.82, 2.24) is 0 Å². The van der Waals surface area contributed by atoms with Gasteiger partial charge in [0, 0.05) is 29.6 Å². The van der Waals surface area contributed by atoms with E-state index in [-0.39, 0.29) is 30.6 Å². The van der Waals surface area contributed by atoms with E-state index in [2.05, 4.69) is 0 Å². The molecule has 0 spiro atoms. The first-order chi connectivity index (χ1) is 13.9. The highest BCUT2D eigenvalue weighted by Gasteiger charge is 2.60. The van der Waals surface area contributed by atoms with Crippen molar-refractivity contribution in [3.63, 3.8) is 0 Å². The van der Waals surface area contributed by atoms with Gasteiger partial charge in [0.25, 0.3) is 0 Å². The topological polar surface area (TPSA) is 34.1 Å². The van der Waals surface area contributed by atoms with Crippen molar-refractivity contribution in [3.8, 4) is 0 Å². The molecule has 2 heteroatoms. The number of hydrogen-bond acceptors (Lipinski definition) is 2. The molecule has 0 aliphatic heterocycles. The van der Waals surface area contributed by atoms with Crippen LogP contribution in [-0.2, 0) is 9.59 Å². The fraction of sp³-hybridized carbons (Fsp3) is 0.905. The molecule has 0 bridgehead atoms. The molecule has 4 aliphatic rings. The number of ketones is 2. The third-order valence-corrected chi connectivity index (χ3v) is 7.86. The highest BCUT2D eigenvalue weighted by Crippen LogP contribution is 2.67. The molecule has 0 N–H and O–H groups in total. The Kier molecular flexibility index (Phi) is 2.06.